The molecule has 0 atom stereocenters. The number of hydrogen-bond donors (Lipinski definition) is 3. The largest absolute Gasteiger partial charge is 0.354 e. The quantitative estimate of drug-likeness (QED) is 0.307. The van der Waals surface area contributed by atoms with Crippen molar-refractivity contribution in [3.05, 3.63) is 34.4 Å². The number of amides is 1. The zero-order valence-electron chi connectivity index (χ0n) is 13.0. The van der Waals surface area contributed by atoms with Crippen LogP contribution >= 0.6 is 0 Å². The van der Waals surface area contributed by atoms with Crippen molar-refractivity contribution in [2.24, 2.45) is 5.92 Å². The van der Waals surface area contributed by atoms with E-state index in [1.165, 1.54) is 25.0 Å². The number of carbonyl (C=O) groups is 1. The van der Waals surface area contributed by atoms with Crippen LogP contribution in [0.3, 0.4) is 0 Å². The summed E-state index contributed by atoms with van der Waals surface area (Å²) in [5.74, 6) is 0.497. The lowest BCUT2D eigenvalue weighted by Crippen LogP contribution is -2.39. The molecule has 1 aliphatic carbocycles. The van der Waals surface area contributed by atoms with Crippen LogP contribution in [0.15, 0.2) is 29.2 Å². The van der Waals surface area contributed by atoms with Gasteiger partial charge in [-0.3, -0.25) is 14.9 Å². The lowest BCUT2D eigenvalue weighted by Gasteiger charge is -2.08. The van der Waals surface area contributed by atoms with Gasteiger partial charge >= 0.3 is 0 Å². The Morgan fingerprint density at radius 2 is 1.88 bits per heavy atom. The Bertz CT molecular complexity index is 686. The Kier molecular flexibility index (Phi) is 6.23. The van der Waals surface area contributed by atoms with Crippen LogP contribution in [0.25, 0.3) is 0 Å². The average molecular weight is 356 g/mol. The first kappa shape index (κ1) is 18.3. The Balaban J connectivity index is 1.69. The van der Waals surface area contributed by atoms with Gasteiger partial charge in [0.05, 0.1) is 16.4 Å². The fourth-order valence-corrected chi connectivity index (χ4v) is 3.02. The molecule has 1 aromatic rings. The molecule has 2 rings (SSSR count). The van der Waals surface area contributed by atoms with E-state index in [0.29, 0.717) is 5.92 Å². The van der Waals surface area contributed by atoms with Crippen molar-refractivity contribution in [3.8, 4) is 0 Å². The second-order valence-electron chi connectivity index (χ2n) is 5.57. The molecule has 1 aromatic carbocycles. The van der Waals surface area contributed by atoms with Crippen LogP contribution in [0.4, 0.5) is 5.69 Å². The molecule has 1 fully saturated rings. The number of nitro benzene ring substituents is 1. The van der Waals surface area contributed by atoms with Crippen LogP contribution in [-0.4, -0.2) is 45.4 Å². The lowest BCUT2D eigenvalue weighted by molar-refractivity contribution is -0.384. The van der Waals surface area contributed by atoms with E-state index < -0.39 is 14.9 Å². The van der Waals surface area contributed by atoms with Crippen molar-refractivity contribution in [2.45, 2.75) is 17.7 Å². The molecule has 132 valence electrons. The molecule has 1 amide bonds. The van der Waals surface area contributed by atoms with Crippen LogP contribution in [0, 0.1) is 16.0 Å². The van der Waals surface area contributed by atoms with Crippen molar-refractivity contribution in [1.82, 2.24) is 15.4 Å². The number of nitrogens with zero attached hydrogens (tertiary/aromatic N) is 1. The first-order valence-corrected chi connectivity index (χ1v) is 9.08. The Labute approximate surface area is 140 Å². The van der Waals surface area contributed by atoms with Crippen molar-refractivity contribution >= 4 is 21.6 Å². The topological polar surface area (TPSA) is 130 Å². The second kappa shape index (κ2) is 8.18. The van der Waals surface area contributed by atoms with E-state index >= 15 is 0 Å². The Morgan fingerprint density at radius 3 is 2.46 bits per heavy atom. The molecule has 0 unspecified atom stereocenters. The number of rotatable bonds is 10. The van der Waals surface area contributed by atoms with E-state index in [1.807, 2.05) is 0 Å². The van der Waals surface area contributed by atoms with Gasteiger partial charge in [0.1, 0.15) is 0 Å². The summed E-state index contributed by atoms with van der Waals surface area (Å²) in [7, 11) is -3.76. The van der Waals surface area contributed by atoms with E-state index in [-0.39, 0.29) is 36.1 Å². The van der Waals surface area contributed by atoms with E-state index in [9.17, 15) is 23.3 Å². The number of non-ortho nitro benzene ring substituents is 1. The van der Waals surface area contributed by atoms with Crippen molar-refractivity contribution in [3.63, 3.8) is 0 Å². The zero-order valence-corrected chi connectivity index (χ0v) is 13.8. The van der Waals surface area contributed by atoms with Crippen molar-refractivity contribution in [2.75, 3.05) is 26.2 Å². The Hall–Kier alpha value is -2.04. The maximum atomic E-state index is 12.0. The standard InChI is InChI=1S/C14H20N4O5S/c19-14(10-15-9-11-1-2-11)16-7-8-17-24(22,23)13-5-3-12(4-6-13)18(20)21/h3-6,11,15,17H,1-2,7-10H2,(H,16,19). The molecule has 0 spiro atoms. The summed E-state index contributed by atoms with van der Waals surface area (Å²) in [6.07, 6.45) is 2.41. The highest BCUT2D eigenvalue weighted by atomic mass is 32.2. The minimum absolute atomic E-state index is 0.0354. The highest BCUT2D eigenvalue weighted by molar-refractivity contribution is 7.89. The van der Waals surface area contributed by atoms with E-state index in [1.54, 1.807) is 0 Å². The lowest BCUT2D eigenvalue weighted by atomic mass is 10.3. The monoisotopic (exact) mass is 356 g/mol. The summed E-state index contributed by atoms with van der Waals surface area (Å²) in [5.41, 5.74) is -0.181. The highest BCUT2D eigenvalue weighted by Crippen LogP contribution is 2.27. The highest BCUT2D eigenvalue weighted by Gasteiger charge is 2.20. The molecule has 24 heavy (non-hydrogen) atoms. The summed E-state index contributed by atoms with van der Waals surface area (Å²) in [6, 6.07) is 4.59. The number of carbonyl (C=O) groups excluding carboxylic acids is 1. The molecule has 9 nitrogen and oxygen atoms in total. The number of nitrogens with one attached hydrogen (secondary N) is 3. The summed E-state index contributed by atoms with van der Waals surface area (Å²) in [5, 5.41) is 16.2. The van der Waals surface area contributed by atoms with Gasteiger partial charge in [0.2, 0.25) is 15.9 Å². The van der Waals surface area contributed by atoms with E-state index in [2.05, 4.69) is 15.4 Å². The summed E-state index contributed by atoms with van der Waals surface area (Å²) >= 11 is 0. The summed E-state index contributed by atoms with van der Waals surface area (Å²) in [4.78, 5) is 21.4. The molecule has 0 aromatic heterocycles. The van der Waals surface area contributed by atoms with Crippen molar-refractivity contribution in [1.29, 1.82) is 0 Å². The minimum atomic E-state index is -3.76. The second-order valence-corrected chi connectivity index (χ2v) is 7.34. The van der Waals surface area contributed by atoms with Gasteiger partial charge in [0.25, 0.3) is 5.69 Å². The van der Waals surface area contributed by atoms with Gasteiger partial charge in [-0.05, 0) is 37.4 Å². The van der Waals surface area contributed by atoms with Gasteiger partial charge in [-0.2, -0.15) is 0 Å². The van der Waals surface area contributed by atoms with Crippen LogP contribution in [0.5, 0.6) is 0 Å². The maximum absolute atomic E-state index is 12.0. The van der Waals surface area contributed by atoms with Gasteiger partial charge in [0, 0.05) is 25.2 Å². The first-order valence-electron chi connectivity index (χ1n) is 7.60. The van der Waals surface area contributed by atoms with Crippen LogP contribution in [0.1, 0.15) is 12.8 Å². The van der Waals surface area contributed by atoms with Crippen LogP contribution < -0.4 is 15.4 Å². The number of benzene rings is 1. The summed E-state index contributed by atoms with van der Waals surface area (Å²) in [6.45, 7) is 1.25. The molecule has 1 aliphatic rings. The van der Waals surface area contributed by atoms with Gasteiger partial charge in [-0.15, -0.1) is 0 Å². The molecule has 0 bridgehead atoms. The average Bonchev–Trinajstić information content (AvgIpc) is 3.36. The van der Waals surface area contributed by atoms with Gasteiger partial charge < -0.3 is 10.6 Å². The summed E-state index contributed by atoms with van der Waals surface area (Å²) < 4.78 is 26.3. The third-order valence-electron chi connectivity index (χ3n) is 3.51. The smallest absolute Gasteiger partial charge is 0.269 e. The fourth-order valence-electron chi connectivity index (χ4n) is 1.99. The molecule has 3 N–H and O–H groups in total. The van der Waals surface area contributed by atoms with E-state index in [0.717, 1.165) is 18.7 Å². The fraction of sp³-hybridized carbons (Fsp3) is 0.500. The van der Waals surface area contributed by atoms with Gasteiger partial charge in [-0.25, -0.2) is 13.1 Å². The van der Waals surface area contributed by atoms with Crippen LogP contribution in [-0.2, 0) is 14.8 Å². The van der Waals surface area contributed by atoms with E-state index in [4.69, 9.17) is 0 Å². The predicted molar refractivity (Wildman–Crippen MR) is 86.9 cm³/mol. The number of sulfonamides is 1. The minimum Gasteiger partial charge on any atom is -0.354 e. The Morgan fingerprint density at radius 1 is 1.21 bits per heavy atom. The third-order valence-corrected chi connectivity index (χ3v) is 4.99. The molecule has 10 heteroatoms. The SMILES string of the molecule is O=C(CNCC1CC1)NCCNS(=O)(=O)c1ccc([N+](=O)[O-])cc1. The van der Waals surface area contributed by atoms with Gasteiger partial charge in [-0.1, -0.05) is 0 Å². The molecule has 0 heterocycles. The first-order chi connectivity index (χ1) is 11.4. The molecular formula is C14H20N4O5S. The maximum Gasteiger partial charge on any atom is 0.269 e. The normalized spacial score (nSPS) is 14.3. The molecular weight excluding hydrogens is 336 g/mol. The molecule has 0 radical (unpaired) electrons. The molecule has 0 aliphatic heterocycles. The van der Waals surface area contributed by atoms with Crippen molar-refractivity contribution < 1.29 is 18.1 Å². The van der Waals surface area contributed by atoms with Gasteiger partial charge in [0.15, 0.2) is 0 Å². The molecule has 0 saturated heterocycles. The zero-order chi connectivity index (χ0) is 17.6. The number of hydrogen-bond acceptors (Lipinski definition) is 6. The third kappa shape index (κ3) is 5.87. The number of nitro groups is 1. The predicted octanol–water partition coefficient (Wildman–Crippen LogP) is -0.0111. The molecule has 1 saturated carbocycles. The van der Waals surface area contributed by atoms with Crippen LogP contribution in [0.2, 0.25) is 0 Å².